The Balaban J connectivity index is 1.27. The molecule has 1 aromatic carbocycles. The lowest BCUT2D eigenvalue weighted by molar-refractivity contribution is -0.125. The van der Waals surface area contributed by atoms with Crippen molar-refractivity contribution in [3.63, 3.8) is 0 Å². The number of fused-ring (bicyclic) bond motifs is 1. The van der Waals surface area contributed by atoms with Crippen molar-refractivity contribution in [2.75, 3.05) is 31.6 Å². The van der Waals surface area contributed by atoms with Crippen LogP contribution in [0.4, 0.5) is 11.5 Å². The van der Waals surface area contributed by atoms with E-state index in [1.165, 1.54) is 12.4 Å². The number of benzene rings is 1. The van der Waals surface area contributed by atoms with Crippen molar-refractivity contribution in [1.29, 1.82) is 0 Å². The van der Waals surface area contributed by atoms with Gasteiger partial charge in [0, 0.05) is 31.3 Å². The van der Waals surface area contributed by atoms with E-state index in [9.17, 15) is 4.79 Å². The van der Waals surface area contributed by atoms with Gasteiger partial charge in [-0.25, -0.2) is 15.0 Å². The molecule has 10 heteroatoms. The number of nitrogens with zero attached hydrogens (tertiary/aromatic N) is 4. The first-order valence-electron chi connectivity index (χ1n) is 12.1. The van der Waals surface area contributed by atoms with Gasteiger partial charge in [0.1, 0.15) is 30.3 Å². The van der Waals surface area contributed by atoms with Crippen LogP contribution in [0.25, 0.3) is 11.0 Å². The number of rotatable bonds is 8. The first kappa shape index (κ1) is 24.3. The summed E-state index contributed by atoms with van der Waals surface area (Å²) in [6.45, 7) is 5.94. The van der Waals surface area contributed by atoms with E-state index in [1.807, 2.05) is 18.2 Å². The molecule has 36 heavy (non-hydrogen) atoms. The minimum Gasteiger partial charge on any atom is -0.489 e. The minimum atomic E-state index is -0.134. The number of likely N-dealkylation sites (tertiary alicyclic amines) is 1. The van der Waals surface area contributed by atoms with Crippen molar-refractivity contribution in [3.05, 3.63) is 54.3 Å². The number of amides is 1. The van der Waals surface area contributed by atoms with Crippen LogP contribution in [0, 0.1) is 0 Å². The van der Waals surface area contributed by atoms with E-state index < -0.39 is 0 Å². The van der Waals surface area contributed by atoms with E-state index in [0.717, 1.165) is 38.0 Å². The molecule has 0 saturated carbocycles. The van der Waals surface area contributed by atoms with Gasteiger partial charge in [0.2, 0.25) is 11.8 Å². The first-order chi connectivity index (χ1) is 17.6. The van der Waals surface area contributed by atoms with Crippen molar-refractivity contribution in [3.8, 4) is 11.6 Å². The normalized spacial score (nSPS) is 19.8. The first-order valence-corrected chi connectivity index (χ1v) is 12.5. The maximum Gasteiger partial charge on any atom is 0.246 e. The molecule has 2 aliphatic heterocycles. The maximum atomic E-state index is 11.8. The lowest BCUT2D eigenvalue weighted by atomic mass is 10.1. The largest absolute Gasteiger partial charge is 0.489 e. The SMILES string of the molecule is C=CC(=O)N1CC[C@H](Oc2ccc3ncnc(Nc4ccc(OC[C@H]5CCCCO5)c(Cl)c4)c3n2)C1. The highest BCUT2D eigenvalue weighted by molar-refractivity contribution is 6.32. The molecule has 0 unspecified atom stereocenters. The van der Waals surface area contributed by atoms with E-state index in [1.54, 1.807) is 17.0 Å². The number of anilines is 2. The Hall–Kier alpha value is -3.43. The van der Waals surface area contributed by atoms with Crippen molar-refractivity contribution < 1.29 is 19.0 Å². The molecule has 0 spiro atoms. The molecule has 2 atom stereocenters. The van der Waals surface area contributed by atoms with E-state index in [4.69, 9.17) is 25.8 Å². The predicted molar refractivity (Wildman–Crippen MR) is 137 cm³/mol. The summed E-state index contributed by atoms with van der Waals surface area (Å²) in [4.78, 5) is 26.9. The van der Waals surface area contributed by atoms with Gasteiger partial charge in [-0.2, -0.15) is 0 Å². The minimum absolute atomic E-state index is 0.0927. The van der Waals surface area contributed by atoms with Gasteiger partial charge in [0.05, 0.1) is 23.2 Å². The molecule has 2 aromatic heterocycles. The molecule has 0 bridgehead atoms. The summed E-state index contributed by atoms with van der Waals surface area (Å²) < 4.78 is 17.7. The van der Waals surface area contributed by atoms with Crippen LogP contribution < -0.4 is 14.8 Å². The molecular weight excluding hydrogens is 482 g/mol. The molecular formula is C26H28ClN5O4. The number of carbonyl (C=O) groups excluding carboxylic acids is 1. The van der Waals surface area contributed by atoms with Crippen LogP contribution in [-0.4, -0.2) is 64.3 Å². The predicted octanol–water partition coefficient (Wildman–Crippen LogP) is 4.54. The second kappa shape index (κ2) is 11.1. The van der Waals surface area contributed by atoms with Crippen molar-refractivity contribution in [1.82, 2.24) is 19.9 Å². The van der Waals surface area contributed by atoms with Gasteiger partial charge >= 0.3 is 0 Å². The summed E-state index contributed by atoms with van der Waals surface area (Å²) in [5, 5.41) is 3.76. The third kappa shape index (κ3) is 5.68. The summed E-state index contributed by atoms with van der Waals surface area (Å²) >= 11 is 6.49. The van der Waals surface area contributed by atoms with Crippen molar-refractivity contribution in [2.24, 2.45) is 0 Å². The summed E-state index contributed by atoms with van der Waals surface area (Å²) in [7, 11) is 0. The molecule has 0 aliphatic carbocycles. The highest BCUT2D eigenvalue weighted by atomic mass is 35.5. The Morgan fingerprint density at radius 3 is 2.97 bits per heavy atom. The average molecular weight is 510 g/mol. The second-order valence-corrected chi connectivity index (χ2v) is 9.23. The summed E-state index contributed by atoms with van der Waals surface area (Å²) in [6.07, 6.45) is 6.77. The standard InChI is InChI=1S/C26H28ClN5O4/c1-2-24(33)32-11-10-18(14-32)36-23-9-7-21-25(31-23)26(29-16-28-21)30-17-6-8-22(20(27)13-17)35-15-19-5-3-4-12-34-19/h2,6-9,13,16,18-19H,1,3-5,10-12,14-15H2,(H,28,29,30)/t18-,19+/m0/s1. The Kier molecular flexibility index (Phi) is 7.48. The zero-order chi connectivity index (χ0) is 24.9. The van der Waals surface area contributed by atoms with E-state index >= 15 is 0 Å². The number of aromatic nitrogens is 3. The zero-order valence-electron chi connectivity index (χ0n) is 19.9. The quantitative estimate of drug-likeness (QED) is 0.442. The molecule has 0 radical (unpaired) electrons. The average Bonchev–Trinajstić information content (AvgIpc) is 3.37. The van der Waals surface area contributed by atoms with E-state index in [-0.39, 0.29) is 18.1 Å². The number of nitrogens with one attached hydrogen (secondary N) is 1. The third-order valence-corrected chi connectivity index (χ3v) is 6.56. The number of hydrogen-bond donors (Lipinski definition) is 1. The van der Waals surface area contributed by atoms with Crippen molar-refractivity contribution in [2.45, 2.75) is 37.9 Å². The van der Waals surface area contributed by atoms with Gasteiger partial charge < -0.3 is 24.4 Å². The molecule has 2 fully saturated rings. The van der Waals surface area contributed by atoms with Crippen LogP contribution in [0.1, 0.15) is 25.7 Å². The molecule has 1 N–H and O–H groups in total. The van der Waals surface area contributed by atoms with E-state index in [2.05, 4.69) is 26.8 Å². The Bertz CT molecular complexity index is 1250. The molecule has 4 heterocycles. The van der Waals surface area contributed by atoms with Gasteiger partial charge in [-0.1, -0.05) is 18.2 Å². The maximum absolute atomic E-state index is 11.8. The monoisotopic (exact) mass is 509 g/mol. The fourth-order valence-corrected chi connectivity index (χ4v) is 4.59. The number of pyridine rings is 1. The highest BCUT2D eigenvalue weighted by Gasteiger charge is 2.26. The fraction of sp³-hybridized carbons (Fsp3) is 0.385. The van der Waals surface area contributed by atoms with Gasteiger partial charge in [0.15, 0.2) is 5.82 Å². The Labute approximate surface area is 214 Å². The molecule has 1 amide bonds. The summed E-state index contributed by atoms with van der Waals surface area (Å²) in [5.74, 6) is 1.49. The zero-order valence-corrected chi connectivity index (χ0v) is 20.6. The summed E-state index contributed by atoms with van der Waals surface area (Å²) in [5.41, 5.74) is 1.98. The Morgan fingerprint density at radius 1 is 1.25 bits per heavy atom. The van der Waals surface area contributed by atoms with Crippen LogP contribution in [-0.2, 0) is 9.53 Å². The van der Waals surface area contributed by atoms with Crippen LogP contribution in [0.3, 0.4) is 0 Å². The third-order valence-electron chi connectivity index (χ3n) is 6.27. The molecule has 2 saturated heterocycles. The van der Waals surface area contributed by atoms with Crippen LogP contribution in [0.5, 0.6) is 11.6 Å². The molecule has 9 nitrogen and oxygen atoms in total. The van der Waals surface area contributed by atoms with Crippen LogP contribution in [0.2, 0.25) is 5.02 Å². The van der Waals surface area contributed by atoms with Gasteiger partial charge in [-0.05, 0) is 49.6 Å². The van der Waals surface area contributed by atoms with Gasteiger partial charge in [-0.3, -0.25) is 4.79 Å². The molecule has 2 aliphatic rings. The second-order valence-electron chi connectivity index (χ2n) is 8.83. The number of hydrogen-bond acceptors (Lipinski definition) is 8. The van der Waals surface area contributed by atoms with Crippen molar-refractivity contribution >= 4 is 40.0 Å². The van der Waals surface area contributed by atoms with Crippen LogP contribution in [0.15, 0.2) is 49.3 Å². The van der Waals surface area contributed by atoms with Gasteiger partial charge in [-0.15, -0.1) is 0 Å². The molecule has 3 aromatic rings. The smallest absolute Gasteiger partial charge is 0.246 e. The van der Waals surface area contributed by atoms with E-state index in [0.29, 0.717) is 53.2 Å². The van der Waals surface area contributed by atoms with Gasteiger partial charge in [0.25, 0.3) is 0 Å². The number of carbonyl (C=O) groups is 1. The number of halogens is 1. The summed E-state index contributed by atoms with van der Waals surface area (Å²) in [6, 6.07) is 9.10. The van der Waals surface area contributed by atoms with Crippen LogP contribution >= 0.6 is 11.6 Å². The number of ether oxygens (including phenoxy) is 3. The molecule has 188 valence electrons. The highest BCUT2D eigenvalue weighted by Crippen LogP contribution is 2.31. The Morgan fingerprint density at radius 2 is 2.17 bits per heavy atom. The lowest BCUT2D eigenvalue weighted by Crippen LogP contribution is -2.29. The lowest BCUT2D eigenvalue weighted by Gasteiger charge is -2.23. The molecule has 5 rings (SSSR count). The topological polar surface area (TPSA) is 98.7 Å². The fourth-order valence-electron chi connectivity index (χ4n) is 4.36.